The largest absolute Gasteiger partial charge is 0.239 e. The maximum Gasteiger partial charge on any atom is 0.0788 e. The van der Waals surface area contributed by atoms with Crippen molar-refractivity contribution in [2.45, 2.75) is 5.88 Å². The van der Waals surface area contributed by atoms with Gasteiger partial charge in [0.15, 0.2) is 0 Å². The van der Waals surface area contributed by atoms with E-state index in [2.05, 4.69) is 43.6 Å². The van der Waals surface area contributed by atoms with Crippen molar-refractivity contribution in [1.82, 2.24) is 9.78 Å². The molecule has 5 heteroatoms. The Morgan fingerprint density at radius 2 is 2.27 bits per heavy atom. The molecule has 1 heterocycles. The smallest absolute Gasteiger partial charge is 0.0788 e. The van der Waals surface area contributed by atoms with E-state index in [4.69, 9.17) is 11.6 Å². The molecule has 0 aliphatic rings. The topological polar surface area (TPSA) is 17.8 Å². The van der Waals surface area contributed by atoms with Crippen LogP contribution in [0, 0.1) is 3.57 Å². The van der Waals surface area contributed by atoms with Gasteiger partial charge in [-0.2, -0.15) is 5.10 Å². The van der Waals surface area contributed by atoms with Crippen molar-refractivity contribution in [3.63, 3.8) is 0 Å². The van der Waals surface area contributed by atoms with Gasteiger partial charge in [0, 0.05) is 16.5 Å². The second-order valence-corrected chi connectivity index (χ2v) is 5.39. The number of alkyl halides is 1. The molecule has 0 saturated carbocycles. The van der Waals surface area contributed by atoms with E-state index in [-0.39, 0.29) is 0 Å². The minimum atomic E-state index is 0.523. The molecule has 15 heavy (non-hydrogen) atoms. The van der Waals surface area contributed by atoms with Crippen molar-refractivity contribution in [3.05, 3.63) is 44.2 Å². The molecular weight excluding hydrogens is 390 g/mol. The molecule has 0 fully saturated rings. The molecule has 0 radical (unpaired) electrons. The minimum absolute atomic E-state index is 0.523. The maximum atomic E-state index is 5.76. The van der Waals surface area contributed by atoms with Crippen LogP contribution in [-0.4, -0.2) is 9.78 Å². The van der Waals surface area contributed by atoms with E-state index >= 15 is 0 Å². The molecule has 0 atom stereocenters. The van der Waals surface area contributed by atoms with Crippen molar-refractivity contribution in [2.75, 3.05) is 0 Å². The van der Waals surface area contributed by atoms with Gasteiger partial charge < -0.3 is 0 Å². The highest BCUT2D eigenvalue weighted by Gasteiger charge is 2.04. The van der Waals surface area contributed by atoms with Gasteiger partial charge in [0.1, 0.15) is 0 Å². The van der Waals surface area contributed by atoms with Crippen molar-refractivity contribution < 1.29 is 0 Å². The summed E-state index contributed by atoms with van der Waals surface area (Å²) in [6, 6.07) is 6.02. The summed E-state index contributed by atoms with van der Waals surface area (Å²) in [4.78, 5) is 0. The predicted molar refractivity (Wildman–Crippen MR) is 73.5 cm³/mol. The van der Waals surface area contributed by atoms with Crippen LogP contribution >= 0.6 is 50.1 Å². The minimum Gasteiger partial charge on any atom is -0.239 e. The Labute approximate surface area is 115 Å². The summed E-state index contributed by atoms with van der Waals surface area (Å²) >= 11 is 11.5. The number of benzene rings is 1. The van der Waals surface area contributed by atoms with E-state index in [0.29, 0.717) is 5.88 Å². The number of hydrogen-bond acceptors (Lipinski definition) is 1. The van der Waals surface area contributed by atoms with E-state index in [0.717, 1.165) is 19.3 Å². The Morgan fingerprint density at radius 1 is 1.47 bits per heavy atom. The number of nitrogens with zero attached hydrogens (tertiary/aromatic N) is 2. The van der Waals surface area contributed by atoms with Gasteiger partial charge in [0.05, 0.1) is 15.5 Å². The van der Waals surface area contributed by atoms with Crippen molar-refractivity contribution in [2.24, 2.45) is 0 Å². The van der Waals surface area contributed by atoms with Gasteiger partial charge in [-0.25, -0.2) is 4.68 Å². The van der Waals surface area contributed by atoms with Crippen LogP contribution in [0.15, 0.2) is 35.1 Å². The Bertz CT molecular complexity index is 484. The predicted octanol–water partition coefficient (Wildman–Crippen LogP) is 3.98. The lowest BCUT2D eigenvalue weighted by Crippen LogP contribution is -1.95. The molecule has 1 aromatic heterocycles. The second-order valence-electron chi connectivity index (χ2n) is 3.02. The monoisotopic (exact) mass is 396 g/mol. The summed E-state index contributed by atoms with van der Waals surface area (Å²) in [5.41, 5.74) is 2.11. The van der Waals surface area contributed by atoms with Crippen LogP contribution in [0.2, 0.25) is 0 Å². The van der Waals surface area contributed by atoms with Crippen molar-refractivity contribution in [3.8, 4) is 5.69 Å². The highest BCUT2D eigenvalue weighted by Crippen LogP contribution is 2.23. The molecule has 0 aliphatic carbocycles. The van der Waals surface area contributed by atoms with Gasteiger partial charge in [0.2, 0.25) is 0 Å². The van der Waals surface area contributed by atoms with Crippen LogP contribution in [0.25, 0.3) is 5.69 Å². The first-order chi connectivity index (χ1) is 7.20. The highest BCUT2D eigenvalue weighted by atomic mass is 127. The molecular formula is C10H7BrClIN2. The molecule has 0 amide bonds. The molecule has 2 aromatic rings. The molecule has 0 bridgehead atoms. The molecule has 0 N–H and O–H groups in total. The van der Waals surface area contributed by atoms with Crippen LogP contribution in [-0.2, 0) is 5.88 Å². The zero-order valence-corrected chi connectivity index (χ0v) is 12.1. The number of aromatic nitrogens is 2. The molecule has 2 rings (SSSR count). The Balaban J connectivity index is 2.45. The standard InChI is InChI=1S/C10H7BrClIN2/c11-9-3-7(4-12)1-2-10(9)15-6-8(13)5-14-15/h1-3,5-6H,4H2. The van der Waals surface area contributed by atoms with Crippen molar-refractivity contribution in [1.29, 1.82) is 0 Å². The number of rotatable bonds is 2. The lowest BCUT2D eigenvalue weighted by Gasteiger charge is -2.05. The summed E-state index contributed by atoms with van der Waals surface area (Å²) < 4.78 is 3.95. The normalized spacial score (nSPS) is 10.6. The Kier molecular flexibility index (Phi) is 3.69. The molecule has 2 nitrogen and oxygen atoms in total. The number of hydrogen-bond donors (Lipinski definition) is 0. The summed E-state index contributed by atoms with van der Waals surface area (Å²) in [5, 5.41) is 4.25. The second kappa shape index (κ2) is 4.84. The van der Waals surface area contributed by atoms with E-state index < -0.39 is 0 Å². The quantitative estimate of drug-likeness (QED) is 0.554. The first kappa shape index (κ1) is 11.4. The fourth-order valence-electron chi connectivity index (χ4n) is 1.25. The van der Waals surface area contributed by atoms with Crippen LogP contribution < -0.4 is 0 Å². The van der Waals surface area contributed by atoms with E-state index in [1.54, 1.807) is 0 Å². The van der Waals surface area contributed by atoms with Crippen molar-refractivity contribution >= 4 is 50.1 Å². The first-order valence-electron chi connectivity index (χ1n) is 4.25. The van der Waals surface area contributed by atoms with Crippen LogP contribution in [0.1, 0.15) is 5.56 Å². The lowest BCUT2D eigenvalue weighted by atomic mass is 10.2. The fourth-order valence-corrected chi connectivity index (χ4v) is 2.41. The lowest BCUT2D eigenvalue weighted by molar-refractivity contribution is 0.875. The Morgan fingerprint density at radius 3 is 2.80 bits per heavy atom. The zero-order valence-electron chi connectivity index (χ0n) is 7.62. The molecule has 0 spiro atoms. The maximum absolute atomic E-state index is 5.76. The molecule has 1 aromatic carbocycles. The van der Waals surface area contributed by atoms with E-state index in [9.17, 15) is 0 Å². The van der Waals surface area contributed by atoms with Gasteiger partial charge >= 0.3 is 0 Å². The highest BCUT2D eigenvalue weighted by molar-refractivity contribution is 14.1. The van der Waals surface area contributed by atoms with Crippen LogP contribution in [0.5, 0.6) is 0 Å². The van der Waals surface area contributed by atoms with Gasteiger partial charge in [-0.15, -0.1) is 11.6 Å². The van der Waals surface area contributed by atoms with Gasteiger partial charge in [-0.1, -0.05) is 6.07 Å². The van der Waals surface area contributed by atoms with Crippen LogP contribution in [0.4, 0.5) is 0 Å². The summed E-state index contributed by atoms with van der Waals surface area (Å²) in [6.45, 7) is 0. The average molecular weight is 397 g/mol. The molecule has 0 unspecified atom stereocenters. The van der Waals surface area contributed by atoms with E-state index in [1.807, 2.05) is 35.3 Å². The third kappa shape index (κ3) is 2.54. The van der Waals surface area contributed by atoms with Gasteiger partial charge in [-0.05, 0) is 56.2 Å². The third-order valence-corrected chi connectivity index (χ3v) is 3.47. The first-order valence-corrected chi connectivity index (χ1v) is 6.66. The molecule has 0 aliphatic heterocycles. The summed E-state index contributed by atoms with van der Waals surface area (Å²) in [5.74, 6) is 0.523. The van der Waals surface area contributed by atoms with Gasteiger partial charge in [-0.3, -0.25) is 0 Å². The fraction of sp³-hybridized carbons (Fsp3) is 0.100. The Hall–Kier alpha value is -0.0700. The third-order valence-electron chi connectivity index (χ3n) is 1.96. The number of halogens is 3. The zero-order chi connectivity index (χ0) is 10.8. The SMILES string of the molecule is ClCc1ccc(-n2cc(I)cn2)c(Br)c1. The van der Waals surface area contributed by atoms with Gasteiger partial charge in [0.25, 0.3) is 0 Å². The average Bonchev–Trinajstić information content (AvgIpc) is 2.64. The van der Waals surface area contributed by atoms with Crippen LogP contribution in [0.3, 0.4) is 0 Å². The summed E-state index contributed by atoms with van der Waals surface area (Å²) in [6.07, 6.45) is 3.80. The summed E-state index contributed by atoms with van der Waals surface area (Å²) in [7, 11) is 0. The van der Waals surface area contributed by atoms with E-state index in [1.165, 1.54) is 0 Å². The molecule has 0 saturated heterocycles. The molecule has 78 valence electrons.